The van der Waals surface area contributed by atoms with Gasteiger partial charge in [-0.1, -0.05) is 216 Å². The fourth-order valence-electron chi connectivity index (χ4n) is 1.38. The zero-order valence-electron chi connectivity index (χ0n) is 43.7. The molecule has 7 heteroatoms. The van der Waals surface area contributed by atoms with Crippen LogP contribution in [0.15, 0.2) is 134 Å². The fourth-order valence-corrected chi connectivity index (χ4v) is 1.73. The summed E-state index contributed by atoms with van der Waals surface area (Å²) in [6.45, 7) is 52.5. The topological polar surface area (TPSA) is 77.3 Å². The molecule has 4 heterocycles. The van der Waals surface area contributed by atoms with Gasteiger partial charge in [-0.05, 0) is 47.8 Å². The van der Waals surface area contributed by atoms with E-state index >= 15 is 0 Å². The Morgan fingerprint density at radius 2 is 0.475 bits per heavy atom. The van der Waals surface area contributed by atoms with Crippen molar-refractivity contribution in [1.82, 2.24) is 29.9 Å². The average molecular weight is 843 g/mol. The highest BCUT2D eigenvalue weighted by atomic mass is 32.1. The molecule has 0 bridgehead atoms. The van der Waals surface area contributed by atoms with Crippen molar-refractivity contribution in [3.8, 4) is 0 Å². The number of benzene rings is 1. The summed E-state index contributed by atoms with van der Waals surface area (Å²) in [6, 6.07) is 19.5. The van der Waals surface area contributed by atoms with Gasteiger partial charge in [-0.2, -0.15) is 0 Å². The maximum atomic E-state index is 3.78. The van der Waals surface area contributed by atoms with E-state index in [1.165, 1.54) is 6.33 Å². The summed E-state index contributed by atoms with van der Waals surface area (Å²) in [6.07, 6.45) is 16.7. The molecule has 5 aromatic rings. The SMILES string of the molecule is CC.CC.CC.CC.CC.CC(C)C.CC(C)C.CC(C)C.CC(C)C.CC(C)C.c1ccccc1.c1ccncc1.c1cnccn1.c1cncnc1.c1cscn1. The lowest BCUT2D eigenvalue weighted by Gasteiger charge is -1.79. The van der Waals surface area contributed by atoms with Crippen molar-refractivity contribution in [2.24, 2.45) is 29.6 Å². The van der Waals surface area contributed by atoms with Crippen LogP contribution in [-0.4, -0.2) is 29.9 Å². The van der Waals surface area contributed by atoms with Gasteiger partial charge < -0.3 is 0 Å². The first-order chi connectivity index (χ1) is 28.2. The zero-order chi connectivity index (χ0) is 48.4. The van der Waals surface area contributed by atoms with E-state index in [0.717, 1.165) is 29.6 Å². The van der Waals surface area contributed by atoms with Crippen molar-refractivity contribution in [2.75, 3.05) is 0 Å². The molecule has 0 unspecified atom stereocenters. The first kappa shape index (κ1) is 79.3. The average Bonchev–Trinajstić information content (AvgIpc) is 3.85. The predicted octanol–water partition coefficient (Wildman–Crippen LogP) is 18.3. The molecule has 0 saturated carbocycles. The van der Waals surface area contributed by atoms with Crippen molar-refractivity contribution in [1.29, 1.82) is 0 Å². The van der Waals surface area contributed by atoms with E-state index in [-0.39, 0.29) is 0 Å². The zero-order valence-corrected chi connectivity index (χ0v) is 44.5. The number of aromatic nitrogens is 6. The van der Waals surface area contributed by atoms with Gasteiger partial charge in [0.2, 0.25) is 0 Å². The number of nitrogens with zero attached hydrogens (tertiary/aromatic N) is 6. The van der Waals surface area contributed by atoms with Crippen molar-refractivity contribution in [3.63, 3.8) is 0 Å². The highest BCUT2D eigenvalue weighted by molar-refractivity contribution is 7.07. The summed E-state index contributed by atoms with van der Waals surface area (Å²) in [5.41, 5.74) is 1.79. The minimum Gasteiger partial charge on any atom is -0.265 e. The first-order valence-electron chi connectivity index (χ1n) is 22.2. The smallest absolute Gasteiger partial charge is 0.115 e. The molecule has 0 aliphatic rings. The maximum absolute atomic E-state index is 3.78. The molecule has 0 amide bonds. The number of thiazole rings is 1. The first-order valence-corrected chi connectivity index (χ1v) is 23.2. The third-order valence-electron chi connectivity index (χ3n) is 2.54. The van der Waals surface area contributed by atoms with Crippen LogP contribution in [0.2, 0.25) is 0 Å². The van der Waals surface area contributed by atoms with Crippen LogP contribution in [0.5, 0.6) is 0 Å². The molecule has 0 saturated heterocycles. The Morgan fingerprint density at radius 3 is 0.559 bits per heavy atom. The van der Waals surface area contributed by atoms with Crippen LogP contribution in [0.3, 0.4) is 0 Å². The molecule has 5 rings (SSSR count). The van der Waals surface area contributed by atoms with Crippen LogP contribution in [0, 0.1) is 29.6 Å². The number of hydrogen-bond donors (Lipinski definition) is 0. The molecule has 1 aromatic carbocycles. The lowest BCUT2D eigenvalue weighted by molar-refractivity contribution is 0.736. The van der Waals surface area contributed by atoms with Gasteiger partial charge in [0.15, 0.2) is 0 Å². The summed E-state index contributed by atoms with van der Waals surface area (Å²) in [4.78, 5) is 22.3. The third kappa shape index (κ3) is 233. The third-order valence-corrected chi connectivity index (χ3v) is 3.06. The molecule has 6 nitrogen and oxygen atoms in total. The monoisotopic (exact) mass is 843 g/mol. The Balaban J connectivity index is -0.0000000555. The number of hydrogen-bond acceptors (Lipinski definition) is 7. The van der Waals surface area contributed by atoms with Gasteiger partial charge in [0.25, 0.3) is 0 Å². The van der Waals surface area contributed by atoms with Crippen molar-refractivity contribution >= 4 is 11.3 Å². The van der Waals surface area contributed by atoms with E-state index in [9.17, 15) is 0 Å². The molecule has 0 spiro atoms. The molecule has 4 aromatic heterocycles. The lowest BCUT2D eigenvalue weighted by atomic mass is 10.3. The number of rotatable bonds is 0. The second-order valence-electron chi connectivity index (χ2n) is 13.3. The molecule has 0 aliphatic carbocycles. The van der Waals surface area contributed by atoms with Gasteiger partial charge >= 0.3 is 0 Å². The molecule has 346 valence electrons. The predicted molar refractivity (Wildman–Crippen MR) is 276 cm³/mol. The second kappa shape index (κ2) is 94.9. The van der Waals surface area contributed by atoms with Gasteiger partial charge in [0.05, 0.1) is 5.51 Å². The molecular weight excluding hydrogens is 741 g/mol. The van der Waals surface area contributed by atoms with Crippen LogP contribution in [0.25, 0.3) is 0 Å². The van der Waals surface area contributed by atoms with E-state index in [1.807, 2.05) is 129 Å². The molecule has 0 fully saturated rings. The summed E-state index contributed by atoms with van der Waals surface area (Å²) in [7, 11) is 0. The quantitative estimate of drug-likeness (QED) is 0.155. The second-order valence-corrected chi connectivity index (χ2v) is 14.1. The van der Waals surface area contributed by atoms with E-state index in [1.54, 1.807) is 78.7 Å². The largest absolute Gasteiger partial charge is 0.265 e. The summed E-state index contributed by atoms with van der Waals surface area (Å²) >= 11 is 1.60. The summed E-state index contributed by atoms with van der Waals surface area (Å²) < 4.78 is 0. The Hall–Kier alpha value is -3.84. The van der Waals surface area contributed by atoms with Gasteiger partial charge in [0.1, 0.15) is 6.33 Å². The van der Waals surface area contributed by atoms with Crippen LogP contribution in [0.1, 0.15) is 173 Å². The highest BCUT2D eigenvalue weighted by Gasteiger charge is 1.70. The van der Waals surface area contributed by atoms with E-state index in [2.05, 4.69) is 134 Å². The lowest BCUT2D eigenvalue weighted by Crippen LogP contribution is -1.66. The maximum Gasteiger partial charge on any atom is 0.115 e. The standard InChI is InChI=1S/C6H6.C5H5N.2C4H4N2.5C4H10.C3H3NS.5C2H6/c2*1-2-4-6-5-3-1;1-2-6-4-3-5-1;1-2-5-4-6-3-1;5*1-4(2)3;1-2-5-3-4-1;5*1-2/h1-6H;1-5H;2*1-4H;5*4H,1-3H3;1-3H;5*1-2H3. The Bertz CT molecular complexity index is 783. The minimum atomic E-state index is 0.833. The molecule has 0 atom stereocenters. The molecule has 0 N–H and O–H groups in total. The van der Waals surface area contributed by atoms with E-state index < -0.39 is 0 Å². The molecule has 59 heavy (non-hydrogen) atoms. The Labute approximate surface area is 376 Å². The number of pyridine rings is 1. The van der Waals surface area contributed by atoms with Gasteiger partial charge in [-0.15, -0.1) is 11.3 Å². The van der Waals surface area contributed by atoms with Gasteiger partial charge in [0, 0.05) is 61.2 Å². The Morgan fingerprint density at radius 1 is 0.254 bits per heavy atom. The van der Waals surface area contributed by atoms with Gasteiger partial charge in [-0.3, -0.25) is 19.9 Å². The normalized spacial score (nSPS) is 7.49. The van der Waals surface area contributed by atoms with Crippen molar-refractivity contribution in [3.05, 3.63) is 134 Å². The summed E-state index contributed by atoms with van der Waals surface area (Å²) in [5.74, 6) is 4.17. The van der Waals surface area contributed by atoms with Crippen LogP contribution in [-0.2, 0) is 0 Å². The van der Waals surface area contributed by atoms with Crippen LogP contribution in [0.4, 0.5) is 0 Å². The molecular formula is C52H102N6S. The summed E-state index contributed by atoms with van der Waals surface area (Å²) in [5, 5.41) is 1.93. The van der Waals surface area contributed by atoms with E-state index in [0.29, 0.717) is 0 Å². The molecule has 0 radical (unpaired) electrons. The highest BCUT2D eigenvalue weighted by Crippen LogP contribution is 1.86. The van der Waals surface area contributed by atoms with E-state index in [4.69, 9.17) is 0 Å². The molecule has 0 aliphatic heterocycles. The van der Waals surface area contributed by atoms with Crippen LogP contribution < -0.4 is 0 Å². The Kier molecular flexibility index (Phi) is 128. The van der Waals surface area contributed by atoms with Crippen LogP contribution >= 0.6 is 11.3 Å². The van der Waals surface area contributed by atoms with Gasteiger partial charge in [-0.25, -0.2) is 9.97 Å². The van der Waals surface area contributed by atoms with Crippen molar-refractivity contribution < 1.29 is 0 Å². The minimum absolute atomic E-state index is 0.833. The fraction of sp³-hybridized carbons (Fsp3) is 0.577. The van der Waals surface area contributed by atoms with Crippen molar-refractivity contribution in [2.45, 2.75) is 173 Å².